The minimum absolute atomic E-state index is 0.658. The van der Waals surface area contributed by atoms with E-state index in [0.29, 0.717) is 11.8 Å². The van der Waals surface area contributed by atoms with Crippen LogP contribution < -0.4 is 0 Å². The van der Waals surface area contributed by atoms with Gasteiger partial charge in [0.25, 0.3) is 0 Å². The third kappa shape index (κ3) is 3.07. The van der Waals surface area contributed by atoms with Crippen LogP contribution in [0.25, 0.3) is 0 Å². The SMILES string of the molecule is CCCC(O)(c1ccccc1C)N1CC(C)CC(C)C1. The highest BCUT2D eigenvalue weighted by Gasteiger charge is 2.39. The molecule has 3 atom stereocenters. The van der Waals surface area contributed by atoms with Gasteiger partial charge in [-0.2, -0.15) is 0 Å². The van der Waals surface area contributed by atoms with Crippen molar-refractivity contribution in [3.8, 4) is 0 Å². The molecule has 3 unspecified atom stereocenters. The summed E-state index contributed by atoms with van der Waals surface area (Å²) in [6, 6.07) is 8.29. The van der Waals surface area contributed by atoms with Gasteiger partial charge in [0, 0.05) is 18.7 Å². The van der Waals surface area contributed by atoms with Gasteiger partial charge in [0.1, 0.15) is 5.72 Å². The lowest BCUT2D eigenvalue weighted by atomic mass is 9.85. The third-order valence-corrected chi connectivity index (χ3v) is 4.57. The first-order valence-electron chi connectivity index (χ1n) is 8.01. The van der Waals surface area contributed by atoms with Crippen LogP contribution in [0, 0.1) is 18.8 Å². The number of rotatable bonds is 4. The molecule has 2 heteroatoms. The second-order valence-corrected chi connectivity index (χ2v) is 6.73. The molecule has 2 rings (SSSR count). The molecule has 112 valence electrons. The summed E-state index contributed by atoms with van der Waals surface area (Å²) in [6.45, 7) is 10.8. The van der Waals surface area contributed by atoms with Gasteiger partial charge in [-0.3, -0.25) is 4.90 Å². The summed E-state index contributed by atoms with van der Waals surface area (Å²) in [5, 5.41) is 11.4. The van der Waals surface area contributed by atoms with Gasteiger partial charge in [0.2, 0.25) is 0 Å². The average molecular weight is 275 g/mol. The zero-order valence-electron chi connectivity index (χ0n) is 13.4. The van der Waals surface area contributed by atoms with Gasteiger partial charge in [-0.05, 0) is 37.2 Å². The molecule has 2 nitrogen and oxygen atoms in total. The predicted molar refractivity (Wildman–Crippen MR) is 84.5 cm³/mol. The maximum absolute atomic E-state index is 11.4. The van der Waals surface area contributed by atoms with Crippen LogP contribution in [0.3, 0.4) is 0 Å². The number of nitrogens with zero attached hydrogens (tertiary/aromatic N) is 1. The molecule has 1 saturated heterocycles. The zero-order chi connectivity index (χ0) is 14.8. The first kappa shape index (κ1) is 15.5. The van der Waals surface area contributed by atoms with Gasteiger partial charge in [-0.15, -0.1) is 0 Å². The Morgan fingerprint density at radius 2 is 1.80 bits per heavy atom. The second-order valence-electron chi connectivity index (χ2n) is 6.73. The third-order valence-electron chi connectivity index (χ3n) is 4.57. The van der Waals surface area contributed by atoms with Gasteiger partial charge >= 0.3 is 0 Å². The maximum Gasteiger partial charge on any atom is 0.144 e. The summed E-state index contributed by atoms with van der Waals surface area (Å²) < 4.78 is 0. The number of hydrogen-bond acceptors (Lipinski definition) is 2. The summed E-state index contributed by atoms with van der Waals surface area (Å²) in [6.07, 6.45) is 3.06. The second kappa shape index (κ2) is 6.28. The van der Waals surface area contributed by atoms with E-state index in [1.165, 1.54) is 12.0 Å². The quantitative estimate of drug-likeness (QED) is 0.900. The Balaban J connectivity index is 2.36. The van der Waals surface area contributed by atoms with Crippen molar-refractivity contribution in [2.75, 3.05) is 13.1 Å². The molecular formula is C18H29NO. The van der Waals surface area contributed by atoms with E-state index >= 15 is 0 Å². The molecular weight excluding hydrogens is 246 g/mol. The summed E-state index contributed by atoms with van der Waals surface area (Å²) in [4.78, 5) is 2.32. The molecule has 0 amide bonds. The average Bonchev–Trinajstić information content (AvgIpc) is 2.38. The van der Waals surface area contributed by atoms with Gasteiger partial charge in [0.15, 0.2) is 0 Å². The van der Waals surface area contributed by atoms with Crippen LogP contribution >= 0.6 is 0 Å². The van der Waals surface area contributed by atoms with Crippen molar-refractivity contribution in [3.63, 3.8) is 0 Å². The van der Waals surface area contributed by atoms with Crippen LogP contribution in [-0.4, -0.2) is 23.1 Å². The van der Waals surface area contributed by atoms with Crippen molar-refractivity contribution >= 4 is 0 Å². The van der Waals surface area contributed by atoms with Crippen LogP contribution in [0.15, 0.2) is 24.3 Å². The highest BCUT2D eigenvalue weighted by molar-refractivity contribution is 5.31. The molecule has 0 aliphatic carbocycles. The van der Waals surface area contributed by atoms with Crippen molar-refractivity contribution in [3.05, 3.63) is 35.4 Å². The zero-order valence-corrected chi connectivity index (χ0v) is 13.4. The molecule has 1 aromatic carbocycles. The number of aryl methyl sites for hydroxylation is 1. The first-order valence-corrected chi connectivity index (χ1v) is 8.01. The van der Waals surface area contributed by atoms with E-state index in [-0.39, 0.29) is 0 Å². The minimum atomic E-state index is -0.803. The Labute approximate surface area is 123 Å². The van der Waals surface area contributed by atoms with E-state index in [0.717, 1.165) is 31.5 Å². The molecule has 1 aliphatic heterocycles. The number of benzene rings is 1. The van der Waals surface area contributed by atoms with Crippen molar-refractivity contribution in [1.29, 1.82) is 0 Å². The van der Waals surface area contributed by atoms with Crippen molar-refractivity contribution in [2.45, 2.75) is 52.7 Å². The van der Waals surface area contributed by atoms with E-state index in [4.69, 9.17) is 0 Å². The highest BCUT2D eigenvalue weighted by atomic mass is 16.3. The normalized spacial score (nSPS) is 27.2. The highest BCUT2D eigenvalue weighted by Crippen LogP contribution is 2.37. The standard InChI is InChI=1S/C18H29NO/c1-5-10-18(20,17-9-7-6-8-16(17)4)19-12-14(2)11-15(3)13-19/h6-9,14-15,20H,5,10-13H2,1-4H3. The Morgan fingerprint density at radius 1 is 1.20 bits per heavy atom. The Kier molecular flexibility index (Phi) is 4.87. The smallest absolute Gasteiger partial charge is 0.144 e. The molecule has 1 aliphatic rings. The Morgan fingerprint density at radius 3 is 2.35 bits per heavy atom. The van der Waals surface area contributed by atoms with Gasteiger partial charge in [-0.25, -0.2) is 0 Å². The first-order chi connectivity index (χ1) is 9.47. The fraction of sp³-hybridized carbons (Fsp3) is 0.667. The molecule has 1 N–H and O–H groups in total. The lowest BCUT2D eigenvalue weighted by Gasteiger charge is -2.46. The van der Waals surface area contributed by atoms with Crippen LogP contribution in [0.1, 0.15) is 51.2 Å². The molecule has 0 bridgehead atoms. The van der Waals surface area contributed by atoms with Crippen LogP contribution in [0.4, 0.5) is 0 Å². The van der Waals surface area contributed by atoms with Crippen LogP contribution in [0.5, 0.6) is 0 Å². The monoisotopic (exact) mass is 275 g/mol. The van der Waals surface area contributed by atoms with E-state index < -0.39 is 5.72 Å². The summed E-state index contributed by atoms with van der Waals surface area (Å²) in [5.74, 6) is 1.32. The summed E-state index contributed by atoms with van der Waals surface area (Å²) in [7, 11) is 0. The Hall–Kier alpha value is -0.860. The van der Waals surface area contributed by atoms with Gasteiger partial charge < -0.3 is 5.11 Å². The number of likely N-dealkylation sites (tertiary alicyclic amines) is 1. The molecule has 1 fully saturated rings. The van der Waals surface area contributed by atoms with E-state index in [1.807, 2.05) is 12.1 Å². The largest absolute Gasteiger partial charge is 0.371 e. The summed E-state index contributed by atoms with van der Waals surface area (Å²) in [5.41, 5.74) is 1.47. The van der Waals surface area contributed by atoms with Crippen molar-refractivity contribution in [1.82, 2.24) is 4.90 Å². The Bertz CT molecular complexity index is 435. The number of piperidine rings is 1. The molecule has 1 heterocycles. The van der Waals surface area contributed by atoms with Crippen molar-refractivity contribution in [2.24, 2.45) is 11.8 Å². The lowest BCUT2D eigenvalue weighted by Crippen LogP contribution is -2.52. The van der Waals surface area contributed by atoms with Crippen LogP contribution in [-0.2, 0) is 5.72 Å². The molecule has 0 radical (unpaired) electrons. The van der Waals surface area contributed by atoms with E-state index in [2.05, 4.69) is 44.7 Å². The predicted octanol–water partition coefficient (Wildman–Crippen LogP) is 3.92. The minimum Gasteiger partial charge on any atom is -0.371 e. The molecule has 20 heavy (non-hydrogen) atoms. The maximum atomic E-state index is 11.4. The van der Waals surface area contributed by atoms with Gasteiger partial charge in [-0.1, -0.05) is 51.5 Å². The van der Waals surface area contributed by atoms with E-state index in [1.54, 1.807) is 0 Å². The van der Waals surface area contributed by atoms with Gasteiger partial charge in [0.05, 0.1) is 0 Å². The fourth-order valence-electron chi connectivity index (χ4n) is 3.80. The van der Waals surface area contributed by atoms with Crippen molar-refractivity contribution < 1.29 is 5.11 Å². The van der Waals surface area contributed by atoms with E-state index in [9.17, 15) is 5.11 Å². The summed E-state index contributed by atoms with van der Waals surface area (Å²) >= 11 is 0. The topological polar surface area (TPSA) is 23.5 Å². The lowest BCUT2D eigenvalue weighted by molar-refractivity contribution is -0.144. The molecule has 0 saturated carbocycles. The number of hydrogen-bond donors (Lipinski definition) is 1. The molecule has 0 spiro atoms. The molecule has 0 aromatic heterocycles. The number of aliphatic hydroxyl groups is 1. The van der Waals surface area contributed by atoms with Crippen LogP contribution in [0.2, 0.25) is 0 Å². The fourth-order valence-corrected chi connectivity index (χ4v) is 3.80. The molecule has 1 aromatic rings.